The Bertz CT molecular complexity index is 1930. The maximum atomic E-state index is 14.2. The second-order valence-electron chi connectivity index (χ2n) is 20.7. The summed E-state index contributed by atoms with van der Waals surface area (Å²) in [6, 6.07) is 8.48. The number of likely N-dealkylation sites (N-methyl/N-ethyl adjacent to an activating group) is 2. The molecule has 2 aromatic rings. The molecule has 8 atom stereocenters. The molecular formula is C50H74N8O6. The summed E-state index contributed by atoms with van der Waals surface area (Å²) in [6.45, 7) is 16.0. The van der Waals surface area contributed by atoms with Crippen molar-refractivity contribution in [3.05, 3.63) is 58.7 Å². The van der Waals surface area contributed by atoms with E-state index < -0.39 is 47.1 Å². The van der Waals surface area contributed by atoms with Crippen LogP contribution >= 0.6 is 0 Å². The van der Waals surface area contributed by atoms with Gasteiger partial charge in [0.15, 0.2) is 0 Å². The number of carbonyl (C=O) groups is 6. The highest BCUT2D eigenvalue weighted by Crippen LogP contribution is 2.42. The van der Waals surface area contributed by atoms with E-state index in [0.717, 1.165) is 60.8 Å². The summed E-state index contributed by atoms with van der Waals surface area (Å²) in [5.41, 5.74) is 5.72. The number of benzene rings is 2. The van der Waals surface area contributed by atoms with Gasteiger partial charge < -0.3 is 41.7 Å². The van der Waals surface area contributed by atoms with Gasteiger partial charge in [-0.1, -0.05) is 77.9 Å². The molecule has 2 aliphatic carbocycles. The predicted octanol–water partition coefficient (Wildman–Crippen LogP) is 4.60. The number of likely N-dealkylation sites (tertiary alicyclic amines) is 2. The van der Waals surface area contributed by atoms with Crippen molar-refractivity contribution in [2.45, 2.75) is 168 Å². The molecule has 1 unspecified atom stereocenters. The summed E-state index contributed by atoms with van der Waals surface area (Å²) < 4.78 is 0. The standard InChI is InChI=1S/C50H74N8O6/c1-29(51-9)43(59)55-41(49(3,4)5)47(63)57-27-15-25-39(57)45(61)53-37-23-13-19-33-31(17-11-21-35(33)37)32-18-12-22-36-34(32)20-14-24-38(36)54-46(62)40-26-16-28-58(40)48(64)42(50(6,7)8)56-44(60)30(2)52-10/h11-12,17-18,21-22,29-30,37-42,51-52H,13-16,19-20,23-28H2,1-10H3,(H,53,61)(H,54,62)(H,55,59)(H,56,60)/t29-,30-,37+,38+,39-,40-,41+,42?/m0/s1. The summed E-state index contributed by atoms with van der Waals surface area (Å²) in [5.74, 6) is -1.33. The van der Waals surface area contributed by atoms with E-state index >= 15 is 0 Å². The molecule has 0 radical (unpaired) electrons. The molecule has 14 heteroatoms. The smallest absolute Gasteiger partial charge is 0.246 e. The van der Waals surface area contributed by atoms with Gasteiger partial charge in [0.2, 0.25) is 35.4 Å². The van der Waals surface area contributed by atoms with E-state index in [1.807, 2.05) is 41.5 Å². The van der Waals surface area contributed by atoms with Gasteiger partial charge in [-0.05, 0) is 136 Å². The van der Waals surface area contributed by atoms with Gasteiger partial charge >= 0.3 is 0 Å². The van der Waals surface area contributed by atoms with Gasteiger partial charge in [0.25, 0.3) is 0 Å². The first-order valence-electron chi connectivity index (χ1n) is 23.7. The molecule has 0 bridgehead atoms. The van der Waals surface area contributed by atoms with Gasteiger partial charge in [0.05, 0.1) is 24.2 Å². The number of amides is 6. The first-order chi connectivity index (χ1) is 30.3. The minimum Gasteiger partial charge on any atom is -0.347 e. The third-order valence-electron chi connectivity index (χ3n) is 14.1. The molecule has 2 fully saturated rings. The van der Waals surface area contributed by atoms with Crippen LogP contribution in [0.4, 0.5) is 0 Å². The molecule has 4 aliphatic rings. The molecule has 2 heterocycles. The predicted molar refractivity (Wildman–Crippen MR) is 249 cm³/mol. The Morgan fingerprint density at radius 1 is 0.562 bits per heavy atom. The number of nitrogens with one attached hydrogen (secondary N) is 6. The number of hydrogen-bond acceptors (Lipinski definition) is 8. The summed E-state index contributed by atoms with van der Waals surface area (Å²) in [5, 5.41) is 18.5. The van der Waals surface area contributed by atoms with Crippen molar-refractivity contribution in [2.24, 2.45) is 10.8 Å². The molecule has 6 N–H and O–H groups in total. The van der Waals surface area contributed by atoms with Crippen molar-refractivity contribution in [1.82, 2.24) is 41.7 Å². The molecule has 0 saturated carbocycles. The van der Waals surface area contributed by atoms with E-state index in [4.69, 9.17) is 0 Å². The minimum absolute atomic E-state index is 0.169. The van der Waals surface area contributed by atoms with Crippen LogP contribution in [-0.4, -0.2) is 109 Å². The van der Waals surface area contributed by atoms with Gasteiger partial charge in [-0.25, -0.2) is 0 Å². The zero-order valence-electron chi connectivity index (χ0n) is 39.9. The second-order valence-corrected chi connectivity index (χ2v) is 20.7. The molecule has 14 nitrogen and oxygen atoms in total. The minimum atomic E-state index is -0.785. The third kappa shape index (κ3) is 10.5. The summed E-state index contributed by atoms with van der Waals surface area (Å²) >= 11 is 0. The first-order valence-corrected chi connectivity index (χ1v) is 23.7. The summed E-state index contributed by atoms with van der Waals surface area (Å²) in [6.07, 6.45) is 7.61. The SMILES string of the molecule is CN[C@@H](C)C(=O)NC(C(=O)N1CCC[C@H]1C(=O)N[C@@H]1CCCc2c(-c3cccc4c3CCC[C@H]4NC(=O)[C@@H]3CCCN3C(=O)[C@@H](NC(=O)[C@H](C)NC)C(C)(C)C)cccc21)C(C)(C)C. The van der Waals surface area contributed by atoms with Crippen molar-refractivity contribution in [3.63, 3.8) is 0 Å². The van der Waals surface area contributed by atoms with Crippen molar-refractivity contribution >= 4 is 35.4 Å². The molecule has 350 valence electrons. The van der Waals surface area contributed by atoms with Crippen molar-refractivity contribution in [2.75, 3.05) is 27.2 Å². The highest BCUT2D eigenvalue weighted by atomic mass is 16.2. The maximum Gasteiger partial charge on any atom is 0.246 e. The lowest BCUT2D eigenvalue weighted by atomic mass is 9.78. The molecular weight excluding hydrogens is 809 g/mol. The van der Waals surface area contributed by atoms with Crippen molar-refractivity contribution < 1.29 is 28.8 Å². The molecule has 2 saturated heterocycles. The molecule has 0 aromatic heterocycles. The van der Waals surface area contributed by atoms with Crippen LogP contribution in [0.3, 0.4) is 0 Å². The molecule has 2 aliphatic heterocycles. The zero-order valence-corrected chi connectivity index (χ0v) is 39.9. The monoisotopic (exact) mass is 883 g/mol. The summed E-state index contributed by atoms with van der Waals surface area (Å²) in [7, 11) is 3.41. The number of carbonyl (C=O) groups excluding carboxylic acids is 6. The summed E-state index contributed by atoms with van der Waals surface area (Å²) in [4.78, 5) is 85.8. The van der Waals surface area contributed by atoms with E-state index in [1.54, 1.807) is 37.7 Å². The lowest BCUT2D eigenvalue weighted by Gasteiger charge is -2.37. The van der Waals surface area contributed by atoms with Gasteiger partial charge in [-0.3, -0.25) is 28.8 Å². The Morgan fingerprint density at radius 3 is 1.28 bits per heavy atom. The lowest BCUT2D eigenvalue weighted by molar-refractivity contribution is -0.144. The third-order valence-corrected chi connectivity index (χ3v) is 14.1. The van der Waals surface area contributed by atoms with Crippen molar-refractivity contribution in [1.29, 1.82) is 0 Å². The highest BCUT2D eigenvalue weighted by molar-refractivity contribution is 5.95. The second kappa shape index (κ2) is 20.1. The number of rotatable bonds is 13. The first kappa shape index (κ1) is 48.6. The number of hydrogen-bond donors (Lipinski definition) is 6. The van der Waals surface area contributed by atoms with Gasteiger partial charge in [-0.15, -0.1) is 0 Å². The van der Waals surface area contributed by atoms with Crippen LogP contribution in [0.15, 0.2) is 36.4 Å². The van der Waals surface area contributed by atoms with Crippen LogP contribution in [0.2, 0.25) is 0 Å². The van der Waals surface area contributed by atoms with Crippen LogP contribution in [0.25, 0.3) is 11.1 Å². The normalized spacial score (nSPS) is 22.9. The Labute approximate surface area is 380 Å². The van der Waals surface area contributed by atoms with E-state index in [-0.39, 0.29) is 47.5 Å². The van der Waals surface area contributed by atoms with Crippen LogP contribution < -0.4 is 31.9 Å². The zero-order chi connectivity index (χ0) is 46.7. The van der Waals surface area contributed by atoms with Crippen LogP contribution in [0.1, 0.15) is 141 Å². The Morgan fingerprint density at radius 2 is 0.938 bits per heavy atom. The van der Waals surface area contributed by atoms with E-state index in [1.165, 1.54) is 11.1 Å². The lowest BCUT2D eigenvalue weighted by Crippen LogP contribution is -2.59. The van der Waals surface area contributed by atoms with Crippen LogP contribution in [0, 0.1) is 10.8 Å². The molecule has 0 spiro atoms. The molecule has 6 amide bonds. The van der Waals surface area contributed by atoms with E-state index in [2.05, 4.69) is 68.3 Å². The topological polar surface area (TPSA) is 181 Å². The molecule has 6 rings (SSSR count). The Balaban J connectivity index is 1.19. The average Bonchev–Trinajstić information content (AvgIpc) is 3.97. The molecule has 64 heavy (non-hydrogen) atoms. The highest BCUT2D eigenvalue weighted by Gasteiger charge is 2.45. The van der Waals surface area contributed by atoms with Crippen LogP contribution in [0.5, 0.6) is 0 Å². The van der Waals surface area contributed by atoms with E-state index in [0.29, 0.717) is 38.8 Å². The fourth-order valence-electron chi connectivity index (χ4n) is 10.1. The fourth-order valence-corrected chi connectivity index (χ4v) is 10.1. The Kier molecular flexibility index (Phi) is 15.3. The largest absolute Gasteiger partial charge is 0.347 e. The van der Waals surface area contributed by atoms with Gasteiger partial charge in [0, 0.05) is 13.1 Å². The maximum absolute atomic E-state index is 14.2. The number of nitrogens with zero attached hydrogens (tertiary/aromatic N) is 2. The quantitative estimate of drug-likeness (QED) is 0.169. The number of fused-ring (bicyclic) bond motifs is 2. The molecule has 2 aromatic carbocycles. The van der Waals surface area contributed by atoms with Crippen LogP contribution in [-0.2, 0) is 41.6 Å². The van der Waals surface area contributed by atoms with Gasteiger partial charge in [-0.2, -0.15) is 0 Å². The average molecular weight is 883 g/mol. The van der Waals surface area contributed by atoms with E-state index in [9.17, 15) is 28.8 Å². The fraction of sp³-hybridized carbons (Fsp3) is 0.640. The van der Waals surface area contributed by atoms with Crippen molar-refractivity contribution in [3.8, 4) is 11.1 Å². The Hall–Kier alpha value is -4.82. The van der Waals surface area contributed by atoms with Gasteiger partial charge in [0.1, 0.15) is 24.2 Å².